The second-order valence-corrected chi connectivity index (χ2v) is 10.6. The van der Waals surface area contributed by atoms with Crippen LogP contribution in [0.4, 0.5) is 4.39 Å². The fraction of sp³-hybridized carbons (Fsp3) is 0.143. The first-order valence-electron chi connectivity index (χ1n) is 9.52. The van der Waals surface area contributed by atoms with Crippen molar-refractivity contribution in [3.05, 3.63) is 63.9 Å². The Balaban J connectivity index is 1.64. The Morgan fingerprint density at radius 1 is 1.29 bits per heavy atom. The molecule has 2 aromatic carbocycles. The third kappa shape index (κ3) is 4.69. The summed E-state index contributed by atoms with van der Waals surface area (Å²) in [4.78, 5) is 16.4. The van der Waals surface area contributed by atoms with Crippen LogP contribution in [0.1, 0.15) is 11.1 Å². The van der Waals surface area contributed by atoms with Crippen LogP contribution in [-0.4, -0.2) is 48.1 Å². The molecule has 0 aromatic heterocycles. The minimum atomic E-state index is -3.63. The third-order valence-electron chi connectivity index (χ3n) is 4.65. The summed E-state index contributed by atoms with van der Waals surface area (Å²) in [5.74, 6) is -1.09. The molecule has 0 fully saturated rings. The molecule has 4 rings (SSSR count). The molecule has 9 nitrogen and oxygen atoms in total. The molecule has 0 saturated carbocycles. The molecule has 2 aromatic rings. The molecule has 2 heterocycles. The number of thioether (sulfide) groups is 1. The minimum absolute atomic E-state index is 0.0138. The largest absolute Gasteiger partial charge is 0.493 e. The van der Waals surface area contributed by atoms with Crippen molar-refractivity contribution in [3.8, 4) is 11.5 Å². The summed E-state index contributed by atoms with van der Waals surface area (Å²) >= 11 is 7.07. The summed E-state index contributed by atoms with van der Waals surface area (Å²) in [6.07, 6.45) is 2.34. The quantitative estimate of drug-likeness (QED) is 0.594. The second kappa shape index (κ2) is 9.20. The molecule has 1 amide bonds. The Morgan fingerprint density at radius 3 is 2.71 bits per heavy atom. The molecule has 0 bridgehead atoms. The zero-order valence-corrected chi connectivity index (χ0v) is 20.1. The van der Waals surface area contributed by atoms with E-state index in [-0.39, 0.29) is 44.1 Å². The van der Waals surface area contributed by atoms with Gasteiger partial charge in [0.2, 0.25) is 19.4 Å². The normalized spacial score (nSPS) is 16.9. The first-order chi connectivity index (χ1) is 16.1. The van der Waals surface area contributed by atoms with Gasteiger partial charge in [-0.25, -0.2) is 12.8 Å². The van der Waals surface area contributed by atoms with Gasteiger partial charge >= 0.3 is 0 Å². The highest BCUT2D eigenvalue weighted by atomic mass is 35.5. The van der Waals surface area contributed by atoms with Crippen LogP contribution in [0.25, 0.3) is 6.08 Å². The predicted octanol–water partition coefficient (Wildman–Crippen LogP) is 3.69. The van der Waals surface area contributed by atoms with E-state index in [0.29, 0.717) is 22.9 Å². The van der Waals surface area contributed by atoms with Gasteiger partial charge in [-0.1, -0.05) is 29.8 Å². The Bertz CT molecular complexity index is 1420. The number of amides is 1. The number of fused-ring (bicyclic) bond motifs is 1. The van der Waals surface area contributed by atoms with Crippen LogP contribution in [0.2, 0.25) is 5.02 Å². The van der Waals surface area contributed by atoms with E-state index >= 15 is 0 Å². The van der Waals surface area contributed by atoms with Crippen molar-refractivity contribution in [2.24, 2.45) is 10.1 Å². The van der Waals surface area contributed by atoms with Crippen LogP contribution >= 0.6 is 23.4 Å². The van der Waals surface area contributed by atoms with Gasteiger partial charge in [0.05, 0.1) is 17.7 Å². The van der Waals surface area contributed by atoms with E-state index in [1.54, 1.807) is 18.2 Å². The van der Waals surface area contributed by atoms with Crippen molar-refractivity contribution in [3.63, 3.8) is 0 Å². The van der Waals surface area contributed by atoms with Crippen LogP contribution in [-0.2, 0) is 21.2 Å². The zero-order chi connectivity index (χ0) is 24.6. The molecule has 0 aliphatic carbocycles. The highest BCUT2D eigenvalue weighted by Gasteiger charge is 2.38. The average molecular weight is 523 g/mol. The maximum atomic E-state index is 13.9. The van der Waals surface area contributed by atoms with Gasteiger partial charge in [-0.3, -0.25) is 10.2 Å². The minimum Gasteiger partial charge on any atom is -0.493 e. The highest BCUT2D eigenvalue weighted by molar-refractivity contribution is 8.42. The van der Waals surface area contributed by atoms with Gasteiger partial charge in [0.25, 0.3) is 5.91 Å². The number of benzene rings is 2. The van der Waals surface area contributed by atoms with Crippen LogP contribution < -0.4 is 9.47 Å². The third-order valence-corrected chi connectivity index (χ3v) is 7.50. The topological polar surface area (TPSA) is 121 Å². The molecule has 0 unspecified atom stereocenters. The molecule has 2 aliphatic heterocycles. The predicted molar refractivity (Wildman–Crippen MR) is 129 cm³/mol. The van der Waals surface area contributed by atoms with E-state index in [4.69, 9.17) is 26.5 Å². The molecule has 176 valence electrons. The van der Waals surface area contributed by atoms with Crippen LogP contribution in [0.3, 0.4) is 0 Å². The summed E-state index contributed by atoms with van der Waals surface area (Å²) in [6, 6.07) is 9.16. The van der Waals surface area contributed by atoms with Crippen molar-refractivity contribution < 1.29 is 27.1 Å². The fourth-order valence-corrected chi connectivity index (χ4v) is 4.98. The number of nitrogens with one attached hydrogen (secondary N) is 1. The smallest absolute Gasteiger partial charge is 0.283 e. The molecule has 13 heteroatoms. The lowest BCUT2D eigenvalue weighted by molar-refractivity contribution is -0.114. The van der Waals surface area contributed by atoms with E-state index < -0.39 is 21.6 Å². The molecule has 34 heavy (non-hydrogen) atoms. The van der Waals surface area contributed by atoms with Crippen LogP contribution in [0.15, 0.2) is 52.1 Å². The standard InChI is InChI=1S/C21H16ClFN4O5S2/c1-31-16-9-11(8-14(22)17(16)32-10-12-5-3-4-6-15(12)23)7-13-18(24)27-20(25-19(13)28)33-21(26-27)34(2,29)30/h3-9,24H,10H2,1-2H3/b13-7-,24-18?. The lowest BCUT2D eigenvalue weighted by atomic mass is 10.1. The number of ether oxygens (including phenoxy) is 2. The first-order valence-corrected chi connectivity index (χ1v) is 12.6. The van der Waals surface area contributed by atoms with E-state index in [1.165, 1.54) is 31.4 Å². The summed E-state index contributed by atoms with van der Waals surface area (Å²) < 4.78 is 48.2. The van der Waals surface area contributed by atoms with Crippen molar-refractivity contribution in [2.45, 2.75) is 6.61 Å². The molecular weight excluding hydrogens is 507 g/mol. The Kier molecular flexibility index (Phi) is 6.47. The number of aliphatic imine (C=N–C) groups is 1. The van der Waals surface area contributed by atoms with Gasteiger partial charge in [-0.15, -0.1) is 5.10 Å². The van der Waals surface area contributed by atoms with Gasteiger partial charge in [0, 0.05) is 11.8 Å². The molecule has 0 saturated heterocycles. The maximum Gasteiger partial charge on any atom is 0.283 e. The number of halogens is 2. The zero-order valence-electron chi connectivity index (χ0n) is 17.7. The number of carbonyl (C=O) groups excluding carboxylic acids is 1. The Morgan fingerprint density at radius 2 is 2.03 bits per heavy atom. The van der Waals surface area contributed by atoms with Crippen LogP contribution in [0.5, 0.6) is 11.5 Å². The average Bonchev–Trinajstić information content (AvgIpc) is 3.21. The summed E-state index contributed by atoms with van der Waals surface area (Å²) in [7, 11) is -2.24. The second-order valence-electron chi connectivity index (χ2n) is 7.07. The monoisotopic (exact) mass is 522 g/mol. The molecule has 1 N–H and O–H groups in total. The number of sulfone groups is 1. The number of methoxy groups -OCH3 is 1. The van der Waals surface area contributed by atoms with E-state index in [0.717, 1.165) is 11.3 Å². The summed E-state index contributed by atoms with van der Waals surface area (Å²) in [5.41, 5.74) is 0.603. The molecular formula is C21H16ClFN4O5S2. The van der Waals surface area contributed by atoms with Gasteiger partial charge in [0.15, 0.2) is 17.3 Å². The molecule has 0 spiro atoms. The van der Waals surface area contributed by atoms with Gasteiger partial charge in [-0.2, -0.15) is 10.0 Å². The molecule has 2 aliphatic rings. The van der Waals surface area contributed by atoms with Crippen molar-refractivity contribution in [1.82, 2.24) is 5.01 Å². The number of amidine groups is 2. The first kappa shape index (κ1) is 23.9. The molecule has 0 atom stereocenters. The van der Waals surface area contributed by atoms with Crippen LogP contribution in [0, 0.1) is 11.2 Å². The van der Waals surface area contributed by atoms with Crippen molar-refractivity contribution in [2.75, 3.05) is 13.4 Å². The van der Waals surface area contributed by atoms with Gasteiger partial charge in [-0.05, 0) is 41.6 Å². The number of hydrogen-bond donors (Lipinski definition) is 1. The number of hydrazone groups is 1. The summed E-state index contributed by atoms with van der Waals surface area (Å²) in [5, 5.41) is 13.3. The van der Waals surface area contributed by atoms with Gasteiger partial charge < -0.3 is 9.47 Å². The Hall–Kier alpha value is -3.22. The number of carbonyl (C=O) groups is 1. The highest BCUT2D eigenvalue weighted by Crippen LogP contribution is 2.38. The fourth-order valence-electron chi connectivity index (χ4n) is 3.02. The number of rotatable bonds is 5. The summed E-state index contributed by atoms with van der Waals surface area (Å²) in [6.45, 7) is -0.0862. The SMILES string of the molecule is COc1cc(/C=C2/C(=N)N3N=C(S(C)(=O)=O)SC3=NC2=O)cc(Cl)c1OCc1ccccc1F. The lowest BCUT2D eigenvalue weighted by Crippen LogP contribution is -2.35. The maximum absolute atomic E-state index is 13.9. The molecule has 0 radical (unpaired) electrons. The lowest BCUT2D eigenvalue weighted by Gasteiger charge is -2.20. The van der Waals surface area contributed by atoms with Gasteiger partial charge in [0.1, 0.15) is 12.4 Å². The number of hydrogen-bond acceptors (Lipinski definition) is 8. The van der Waals surface area contributed by atoms with E-state index in [9.17, 15) is 17.6 Å². The van der Waals surface area contributed by atoms with Crippen molar-refractivity contribution >= 4 is 60.6 Å². The van der Waals surface area contributed by atoms with E-state index in [2.05, 4.69) is 10.1 Å². The van der Waals surface area contributed by atoms with E-state index in [1.807, 2.05) is 0 Å². The van der Waals surface area contributed by atoms with Crippen molar-refractivity contribution in [1.29, 1.82) is 5.41 Å². The number of nitrogens with zero attached hydrogens (tertiary/aromatic N) is 3. The Labute approximate surface area is 203 Å².